The van der Waals surface area contributed by atoms with Crippen molar-refractivity contribution in [2.24, 2.45) is 0 Å². The molecule has 0 saturated carbocycles. The number of carbonyl (C=O) groups excluding carboxylic acids is 1. The van der Waals surface area contributed by atoms with E-state index in [1.165, 1.54) is 12.1 Å². The lowest BCUT2D eigenvalue weighted by atomic mass is 10.1. The number of halogens is 1. The molecule has 6 nitrogen and oxygen atoms in total. The van der Waals surface area contributed by atoms with Crippen LogP contribution in [0.25, 0.3) is 0 Å². The van der Waals surface area contributed by atoms with E-state index < -0.39 is 0 Å². The highest BCUT2D eigenvalue weighted by Crippen LogP contribution is 2.17. The molecular formula is C20H26FN3O3. The highest BCUT2D eigenvalue weighted by molar-refractivity contribution is 5.92. The van der Waals surface area contributed by atoms with Crippen LogP contribution in [0.5, 0.6) is 5.75 Å². The molecule has 0 atom stereocenters. The van der Waals surface area contributed by atoms with Gasteiger partial charge in [0, 0.05) is 44.7 Å². The maximum Gasteiger partial charge on any atom is 0.276 e. The summed E-state index contributed by atoms with van der Waals surface area (Å²) in [4.78, 5) is 16.7. The summed E-state index contributed by atoms with van der Waals surface area (Å²) in [5.41, 5.74) is 0.389. The van der Waals surface area contributed by atoms with Gasteiger partial charge in [0.05, 0.1) is 6.61 Å². The number of amides is 1. The Morgan fingerprint density at radius 1 is 1.22 bits per heavy atom. The topological polar surface area (TPSA) is 58.8 Å². The van der Waals surface area contributed by atoms with Crippen molar-refractivity contribution >= 4 is 5.91 Å². The Morgan fingerprint density at radius 3 is 2.56 bits per heavy atom. The van der Waals surface area contributed by atoms with Crippen molar-refractivity contribution in [3.05, 3.63) is 47.6 Å². The number of piperazine rings is 1. The Bertz CT molecular complexity index is 737. The van der Waals surface area contributed by atoms with Gasteiger partial charge in [-0.3, -0.25) is 9.69 Å². The van der Waals surface area contributed by atoms with E-state index in [2.05, 4.69) is 10.1 Å². The molecule has 0 bridgehead atoms. The van der Waals surface area contributed by atoms with Crippen LogP contribution < -0.4 is 4.74 Å². The van der Waals surface area contributed by atoms with Crippen LogP contribution in [0.3, 0.4) is 0 Å². The number of hydrogen-bond donors (Lipinski definition) is 0. The summed E-state index contributed by atoms with van der Waals surface area (Å²) in [6, 6.07) is 7.80. The number of ether oxygens (including phenoxy) is 1. The minimum absolute atomic E-state index is 0.0649. The third-order valence-corrected chi connectivity index (χ3v) is 4.68. The lowest BCUT2D eigenvalue weighted by molar-refractivity contribution is 0.0620. The zero-order chi connectivity index (χ0) is 19.2. The van der Waals surface area contributed by atoms with Gasteiger partial charge in [-0.1, -0.05) is 19.0 Å². The maximum absolute atomic E-state index is 12.9. The summed E-state index contributed by atoms with van der Waals surface area (Å²) in [7, 11) is 0. The Kier molecular flexibility index (Phi) is 6.45. The first-order valence-corrected chi connectivity index (χ1v) is 9.39. The Morgan fingerprint density at radius 2 is 1.93 bits per heavy atom. The first-order chi connectivity index (χ1) is 13.0. The van der Waals surface area contributed by atoms with Gasteiger partial charge in [-0.15, -0.1) is 0 Å². The van der Waals surface area contributed by atoms with Crippen LogP contribution in [0.15, 0.2) is 34.9 Å². The number of hydrogen-bond acceptors (Lipinski definition) is 5. The van der Waals surface area contributed by atoms with Gasteiger partial charge in [-0.05, 0) is 30.7 Å². The normalized spacial score (nSPS) is 15.3. The quantitative estimate of drug-likeness (QED) is 0.696. The van der Waals surface area contributed by atoms with Crippen LogP contribution in [0.2, 0.25) is 0 Å². The molecule has 2 heterocycles. The van der Waals surface area contributed by atoms with Crippen LogP contribution in [0.1, 0.15) is 42.4 Å². The van der Waals surface area contributed by atoms with Crippen LogP contribution in [0, 0.1) is 5.82 Å². The van der Waals surface area contributed by atoms with E-state index in [0.29, 0.717) is 31.1 Å². The SMILES string of the molecule is CC(C)c1cc(C(=O)N2CCN(CCCOc3ccc(F)cc3)CC2)no1. The molecule has 1 aromatic heterocycles. The molecular weight excluding hydrogens is 349 g/mol. The molecule has 1 fully saturated rings. The highest BCUT2D eigenvalue weighted by atomic mass is 19.1. The van der Waals surface area contributed by atoms with Gasteiger partial charge in [-0.2, -0.15) is 0 Å². The zero-order valence-corrected chi connectivity index (χ0v) is 15.9. The van der Waals surface area contributed by atoms with E-state index in [0.717, 1.165) is 31.8 Å². The number of aromatic nitrogens is 1. The molecule has 146 valence electrons. The largest absolute Gasteiger partial charge is 0.494 e. The standard InChI is InChI=1S/C20H26FN3O3/c1-15(2)19-14-18(22-27-19)20(25)24-11-9-23(10-12-24)8-3-13-26-17-6-4-16(21)5-7-17/h4-7,14-15H,3,8-13H2,1-2H3. The lowest BCUT2D eigenvalue weighted by Crippen LogP contribution is -2.49. The third kappa shape index (κ3) is 5.29. The first-order valence-electron chi connectivity index (χ1n) is 9.39. The predicted molar refractivity (Wildman–Crippen MR) is 99.4 cm³/mol. The number of rotatable bonds is 7. The van der Waals surface area contributed by atoms with Crippen molar-refractivity contribution in [2.75, 3.05) is 39.3 Å². The molecule has 0 spiro atoms. The average Bonchev–Trinajstić information content (AvgIpc) is 3.17. The Balaban J connectivity index is 1.37. The lowest BCUT2D eigenvalue weighted by Gasteiger charge is -2.34. The van der Waals surface area contributed by atoms with E-state index in [-0.39, 0.29) is 17.6 Å². The predicted octanol–water partition coefficient (Wildman–Crippen LogP) is 3.16. The fourth-order valence-electron chi connectivity index (χ4n) is 3.01. The maximum atomic E-state index is 12.9. The van der Waals surface area contributed by atoms with Crippen molar-refractivity contribution in [1.82, 2.24) is 15.0 Å². The molecule has 0 N–H and O–H groups in total. The first kappa shape index (κ1) is 19.4. The second kappa shape index (κ2) is 8.99. The third-order valence-electron chi connectivity index (χ3n) is 4.68. The van der Waals surface area contributed by atoms with E-state index in [4.69, 9.17) is 9.26 Å². The number of benzene rings is 1. The van der Waals surface area contributed by atoms with E-state index in [9.17, 15) is 9.18 Å². The molecule has 1 aromatic carbocycles. The summed E-state index contributed by atoms with van der Waals surface area (Å²) >= 11 is 0. The van der Waals surface area contributed by atoms with Crippen LogP contribution in [-0.2, 0) is 0 Å². The van der Waals surface area contributed by atoms with E-state index in [1.807, 2.05) is 18.7 Å². The molecule has 1 amide bonds. The molecule has 1 aliphatic heterocycles. The fourth-order valence-corrected chi connectivity index (χ4v) is 3.01. The van der Waals surface area contributed by atoms with Crippen molar-refractivity contribution in [3.8, 4) is 5.75 Å². The van der Waals surface area contributed by atoms with Crippen LogP contribution in [-0.4, -0.2) is 60.2 Å². The van der Waals surface area contributed by atoms with Gasteiger partial charge in [-0.25, -0.2) is 4.39 Å². The summed E-state index contributed by atoms with van der Waals surface area (Å²) in [6.07, 6.45) is 0.881. The summed E-state index contributed by atoms with van der Waals surface area (Å²) in [6.45, 7) is 8.53. The monoisotopic (exact) mass is 375 g/mol. The molecule has 1 aliphatic rings. The molecule has 3 rings (SSSR count). The Hall–Kier alpha value is -2.41. The van der Waals surface area contributed by atoms with Gasteiger partial charge in [0.2, 0.25) is 0 Å². The summed E-state index contributed by atoms with van der Waals surface area (Å²) < 4.78 is 23.7. The number of nitrogens with zero attached hydrogens (tertiary/aromatic N) is 3. The van der Waals surface area contributed by atoms with Crippen molar-refractivity contribution in [3.63, 3.8) is 0 Å². The van der Waals surface area contributed by atoms with Gasteiger partial charge in [0.15, 0.2) is 5.69 Å². The van der Waals surface area contributed by atoms with E-state index >= 15 is 0 Å². The molecule has 0 aliphatic carbocycles. The van der Waals surface area contributed by atoms with E-state index in [1.54, 1.807) is 18.2 Å². The zero-order valence-electron chi connectivity index (χ0n) is 15.9. The van der Waals surface area contributed by atoms with Crippen LogP contribution >= 0.6 is 0 Å². The van der Waals surface area contributed by atoms with Gasteiger partial charge in [0.1, 0.15) is 17.3 Å². The smallest absolute Gasteiger partial charge is 0.276 e. The average molecular weight is 375 g/mol. The molecule has 1 saturated heterocycles. The van der Waals surface area contributed by atoms with Crippen molar-refractivity contribution in [1.29, 1.82) is 0 Å². The highest BCUT2D eigenvalue weighted by Gasteiger charge is 2.24. The minimum atomic E-state index is -0.263. The second-order valence-electron chi connectivity index (χ2n) is 7.06. The second-order valence-corrected chi connectivity index (χ2v) is 7.06. The Labute approximate surface area is 158 Å². The molecule has 7 heteroatoms. The molecule has 2 aromatic rings. The minimum Gasteiger partial charge on any atom is -0.494 e. The molecule has 0 unspecified atom stereocenters. The van der Waals surface area contributed by atoms with Crippen LogP contribution in [0.4, 0.5) is 4.39 Å². The van der Waals surface area contributed by atoms with Gasteiger partial charge >= 0.3 is 0 Å². The van der Waals surface area contributed by atoms with Gasteiger partial charge in [0.25, 0.3) is 5.91 Å². The number of carbonyl (C=O) groups is 1. The molecule has 0 radical (unpaired) electrons. The molecule has 27 heavy (non-hydrogen) atoms. The van der Waals surface area contributed by atoms with Crippen molar-refractivity contribution in [2.45, 2.75) is 26.2 Å². The fraction of sp³-hybridized carbons (Fsp3) is 0.500. The van der Waals surface area contributed by atoms with Gasteiger partial charge < -0.3 is 14.2 Å². The summed E-state index contributed by atoms with van der Waals surface area (Å²) in [5, 5.41) is 3.91. The summed E-state index contributed by atoms with van der Waals surface area (Å²) in [5.74, 6) is 1.30. The van der Waals surface area contributed by atoms with Crippen molar-refractivity contribution < 1.29 is 18.4 Å².